The molecule has 1 atom stereocenters. The number of amides is 1. The summed E-state index contributed by atoms with van der Waals surface area (Å²) in [7, 11) is -4.08. The van der Waals surface area contributed by atoms with Crippen molar-refractivity contribution in [2.75, 3.05) is 10.8 Å². The molecule has 0 fully saturated rings. The van der Waals surface area contributed by atoms with Crippen molar-refractivity contribution in [2.24, 2.45) is 0 Å². The van der Waals surface area contributed by atoms with E-state index in [0.717, 1.165) is 5.56 Å². The van der Waals surface area contributed by atoms with E-state index in [1.165, 1.54) is 36.4 Å². The zero-order valence-corrected chi connectivity index (χ0v) is 22.9. The third-order valence-corrected chi connectivity index (χ3v) is 8.11. The van der Waals surface area contributed by atoms with Gasteiger partial charge < -0.3 is 15.2 Å². The van der Waals surface area contributed by atoms with Crippen molar-refractivity contribution >= 4 is 44.9 Å². The minimum atomic E-state index is -4.08. The number of benzene rings is 3. The van der Waals surface area contributed by atoms with E-state index >= 15 is 0 Å². The van der Waals surface area contributed by atoms with Gasteiger partial charge in [0.25, 0.3) is 15.9 Å². The van der Waals surface area contributed by atoms with Crippen molar-refractivity contribution in [1.29, 1.82) is 0 Å². The van der Waals surface area contributed by atoms with E-state index in [0.29, 0.717) is 11.1 Å². The summed E-state index contributed by atoms with van der Waals surface area (Å²) in [5.41, 5.74) is 0.717. The molecule has 4 rings (SSSR count). The lowest BCUT2D eigenvalue weighted by Crippen LogP contribution is -2.55. The van der Waals surface area contributed by atoms with Crippen molar-refractivity contribution in [2.45, 2.75) is 44.4 Å². The zero-order chi connectivity index (χ0) is 27.8. The van der Waals surface area contributed by atoms with E-state index < -0.39 is 33.6 Å². The van der Waals surface area contributed by atoms with Crippen LogP contribution >= 0.6 is 11.6 Å². The molecule has 1 heterocycles. The Balaban J connectivity index is 1.79. The van der Waals surface area contributed by atoms with Crippen LogP contribution < -0.4 is 14.4 Å². The number of nitrogens with zero attached hydrogens (tertiary/aromatic N) is 1. The van der Waals surface area contributed by atoms with Gasteiger partial charge in [-0.1, -0.05) is 41.9 Å². The first kappa shape index (κ1) is 27.6. The third kappa shape index (κ3) is 5.70. The molecule has 0 aromatic heterocycles. The first-order valence-corrected chi connectivity index (χ1v) is 13.7. The topological polar surface area (TPSA) is 95.9 Å². The number of fused-ring (bicyclic) bond motifs is 1. The fourth-order valence-corrected chi connectivity index (χ4v) is 5.97. The van der Waals surface area contributed by atoms with Gasteiger partial charge in [-0.15, -0.1) is 0 Å². The van der Waals surface area contributed by atoms with Crippen LogP contribution in [0.4, 0.5) is 10.1 Å². The van der Waals surface area contributed by atoms with Crippen molar-refractivity contribution in [3.05, 3.63) is 88.2 Å². The van der Waals surface area contributed by atoms with Crippen LogP contribution in [0.25, 0.3) is 11.6 Å². The molecule has 0 bridgehead atoms. The Kier molecular flexibility index (Phi) is 7.56. The van der Waals surface area contributed by atoms with Crippen molar-refractivity contribution in [1.82, 2.24) is 5.32 Å². The number of halogens is 2. The second-order valence-corrected chi connectivity index (χ2v) is 11.9. The number of hydrogen-bond donors (Lipinski definition) is 2. The number of carbonyl (C=O) groups is 1. The summed E-state index contributed by atoms with van der Waals surface area (Å²) in [4.78, 5) is 12.5. The highest BCUT2D eigenvalue weighted by Gasteiger charge is 2.37. The molecule has 2 N–H and O–H groups in total. The van der Waals surface area contributed by atoms with Crippen LogP contribution in [0.5, 0.6) is 5.75 Å². The molecule has 200 valence electrons. The Morgan fingerprint density at radius 3 is 2.55 bits per heavy atom. The van der Waals surface area contributed by atoms with Gasteiger partial charge in [0.2, 0.25) is 0 Å². The Morgan fingerprint density at radius 1 is 1.18 bits per heavy atom. The molecule has 3 aromatic rings. The Bertz CT molecular complexity index is 1510. The zero-order valence-electron chi connectivity index (χ0n) is 21.3. The second-order valence-electron chi connectivity index (χ2n) is 9.64. The number of aliphatic hydroxyl groups is 1. The van der Waals surface area contributed by atoms with Crippen LogP contribution in [0.3, 0.4) is 0 Å². The molecule has 0 spiro atoms. The first-order valence-electron chi connectivity index (χ1n) is 11.8. The summed E-state index contributed by atoms with van der Waals surface area (Å²) >= 11 is 6.22. The average Bonchev–Trinajstić information content (AvgIpc) is 2.83. The summed E-state index contributed by atoms with van der Waals surface area (Å²) in [6, 6.07) is 15.8. The number of allylic oxidation sites excluding steroid dienone is 1. The van der Waals surface area contributed by atoms with Crippen LogP contribution in [0.15, 0.2) is 65.6 Å². The number of sulfonamides is 1. The maximum atomic E-state index is 14.5. The normalized spacial score (nSPS) is 16.0. The largest absolute Gasteiger partial charge is 0.466 e. The lowest BCUT2D eigenvalue weighted by Gasteiger charge is -2.36. The standard InChI is InChI=1S/C28H28ClFN2O5S/c1-17-7-5-8-20(13-17)38(35,36)32-16-25(31-27(33)28(3,4)34)37-24-12-11-19(15-23(24)32)14-18(2)26-21(29)9-6-10-22(26)30/h5-15,25,34H,16H2,1-4H3,(H,31,33)/b18-14+/t25-/m0/s1. The number of anilines is 1. The van der Waals surface area contributed by atoms with Gasteiger partial charge in [0, 0.05) is 5.56 Å². The van der Waals surface area contributed by atoms with Crippen molar-refractivity contribution < 1.29 is 27.4 Å². The maximum Gasteiger partial charge on any atom is 0.264 e. The molecule has 3 aromatic carbocycles. The number of ether oxygens (including phenoxy) is 1. The number of nitrogens with one attached hydrogen (secondary N) is 1. The van der Waals surface area contributed by atoms with Crippen LogP contribution in [0.1, 0.15) is 37.5 Å². The Labute approximate surface area is 226 Å². The van der Waals surface area contributed by atoms with E-state index in [1.54, 1.807) is 62.4 Å². The predicted molar refractivity (Wildman–Crippen MR) is 146 cm³/mol. The molecule has 7 nitrogen and oxygen atoms in total. The lowest BCUT2D eigenvalue weighted by molar-refractivity contribution is -0.139. The lowest BCUT2D eigenvalue weighted by atomic mass is 10.0. The fraction of sp³-hybridized carbons (Fsp3) is 0.250. The molecule has 0 unspecified atom stereocenters. The van der Waals surface area contributed by atoms with Crippen LogP contribution in [-0.4, -0.2) is 37.8 Å². The van der Waals surface area contributed by atoms with E-state index in [-0.39, 0.29) is 33.5 Å². The van der Waals surface area contributed by atoms with Gasteiger partial charge in [-0.3, -0.25) is 9.10 Å². The number of carbonyl (C=O) groups excluding carboxylic acids is 1. The van der Waals surface area contributed by atoms with Gasteiger partial charge in [0.15, 0.2) is 6.23 Å². The number of aryl methyl sites for hydroxylation is 1. The van der Waals surface area contributed by atoms with Crippen molar-refractivity contribution in [3.63, 3.8) is 0 Å². The monoisotopic (exact) mass is 558 g/mol. The fourth-order valence-electron chi connectivity index (χ4n) is 4.08. The van der Waals surface area contributed by atoms with Gasteiger partial charge in [-0.2, -0.15) is 0 Å². The van der Waals surface area contributed by atoms with E-state index in [4.69, 9.17) is 16.3 Å². The highest BCUT2D eigenvalue weighted by molar-refractivity contribution is 7.92. The van der Waals surface area contributed by atoms with Gasteiger partial charge in [-0.25, -0.2) is 12.8 Å². The molecular formula is C28H28ClFN2O5S. The highest BCUT2D eigenvalue weighted by atomic mass is 35.5. The quantitative estimate of drug-likeness (QED) is 0.408. The molecular weight excluding hydrogens is 531 g/mol. The second kappa shape index (κ2) is 10.4. The van der Waals surface area contributed by atoms with Crippen LogP contribution in [-0.2, 0) is 14.8 Å². The Hall–Kier alpha value is -3.40. The van der Waals surface area contributed by atoms with Crippen molar-refractivity contribution in [3.8, 4) is 5.75 Å². The molecule has 1 aliphatic heterocycles. The van der Waals surface area contributed by atoms with Gasteiger partial charge in [0.05, 0.1) is 22.2 Å². The highest BCUT2D eigenvalue weighted by Crippen LogP contribution is 2.39. The molecule has 0 saturated heterocycles. The minimum absolute atomic E-state index is 0.0770. The van der Waals surface area contributed by atoms with Gasteiger partial charge in [-0.05, 0) is 80.8 Å². The maximum absolute atomic E-state index is 14.5. The summed E-state index contributed by atoms with van der Waals surface area (Å²) in [5, 5.41) is 12.9. The minimum Gasteiger partial charge on any atom is -0.466 e. The van der Waals surface area contributed by atoms with E-state index in [9.17, 15) is 22.7 Å². The number of hydrogen-bond acceptors (Lipinski definition) is 5. The molecule has 1 aliphatic rings. The molecule has 1 amide bonds. The van der Waals surface area contributed by atoms with Crippen LogP contribution in [0, 0.1) is 12.7 Å². The molecule has 0 aliphatic carbocycles. The van der Waals surface area contributed by atoms with Gasteiger partial charge in [0.1, 0.15) is 17.2 Å². The van der Waals surface area contributed by atoms with Crippen LogP contribution in [0.2, 0.25) is 5.02 Å². The van der Waals surface area contributed by atoms with Gasteiger partial charge >= 0.3 is 0 Å². The molecule has 38 heavy (non-hydrogen) atoms. The average molecular weight is 559 g/mol. The smallest absolute Gasteiger partial charge is 0.264 e. The summed E-state index contributed by atoms with van der Waals surface area (Å²) in [6.07, 6.45) is 0.644. The molecule has 10 heteroatoms. The summed E-state index contributed by atoms with van der Waals surface area (Å²) in [5.74, 6) is -0.968. The summed E-state index contributed by atoms with van der Waals surface area (Å²) in [6.45, 7) is 5.91. The molecule has 0 saturated carbocycles. The SMILES string of the molecule is C/C(=C\c1ccc2c(c1)N(S(=O)(=O)c1cccc(C)c1)C[C@@H](NC(=O)C(C)(C)O)O2)c1c(F)cccc1Cl. The summed E-state index contributed by atoms with van der Waals surface area (Å²) < 4.78 is 49.1. The van der Waals surface area contributed by atoms with E-state index in [2.05, 4.69) is 5.32 Å². The first-order chi connectivity index (χ1) is 17.8. The Morgan fingerprint density at radius 2 is 1.89 bits per heavy atom. The number of rotatable bonds is 6. The predicted octanol–water partition coefficient (Wildman–Crippen LogP) is 5.15. The third-order valence-electron chi connectivity index (χ3n) is 6.02. The van der Waals surface area contributed by atoms with E-state index in [1.807, 2.05) is 0 Å². The molecule has 0 radical (unpaired) electrons.